The zero-order valence-corrected chi connectivity index (χ0v) is 11.2. The van der Waals surface area contributed by atoms with Crippen molar-refractivity contribution >= 4 is 21.6 Å². The Morgan fingerprint density at radius 2 is 2.06 bits per heavy atom. The van der Waals surface area contributed by atoms with Gasteiger partial charge in [-0.3, -0.25) is 9.10 Å². The standard InChI is InChI=1S/C12H16N2O3S/c1-14(18(2,16)17)11-5-3-4-9(8-11)12(15)13-10-6-7-10/h3-5,8,10H,6-7H2,1-2H3,(H,13,15). The minimum Gasteiger partial charge on any atom is -0.349 e. The highest BCUT2D eigenvalue weighted by atomic mass is 32.2. The van der Waals surface area contributed by atoms with Crippen LogP contribution in [0.5, 0.6) is 0 Å². The zero-order valence-electron chi connectivity index (χ0n) is 10.4. The molecular weight excluding hydrogens is 252 g/mol. The molecule has 1 saturated carbocycles. The van der Waals surface area contributed by atoms with Gasteiger partial charge in [-0.2, -0.15) is 0 Å². The normalized spacial score (nSPS) is 15.2. The molecule has 1 N–H and O–H groups in total. The molecule has 0 atom stereocenters. The van der Waals surface area contributed by atoms with Crippen molar-refractivity contribution in [2.75, 3.05) is 17.6 Å². The lowest BCUT2D eigenvalue weighted by Crippen LogP contribution is -2.27. The Kier molecular flexibility index (Phi) is 3.30. The van der Waals surface area contributed by atoms with E-state index in [0.717, 1.165) is 23.4 Å². The molecule has 0 unspecified atom stereocenters. The zero-order chi connectivity index (χ0) is 13.3. The van der Waals surface area contributed by atoms with Crippen LogP contribution in [0, 0.1) is 0 Å². The van der Waals surface area contributed by atoms with E-state index in [9.17, 15) is 13.2 Å². The van der Waals surface area contributed by atoms with E-state index in [1.807, 2.05) is 0 Å². The van der Waals surface area contributed by atoms with E-state index in [0.29, 0.717) is 11.3 Å². The summed E-state index contributed by atoms with van der Waals surface area (Å²) in [6, 6.07) is 6.89. The molecule has 0 heterocycles. The number of hydrogen-bond acceptors (Lipinski definition) is 3. The largest absolute Gasteiger partial charge is 0.349 e. The van der Waals surface area contributed by atoms with E-state index in [1.54, 1.807) is 24.3 Å². The van der Waals surface area contributed by atoms with Crippen LogP contribution in [0.15, 0.2) is 24.3 Å². The molecule has 0 aromatic heterocycles. The van der Waals surface area contributed by atoms with E-state index in [1.165, 1.54) is 7.05 Å². The van der Waals surface area contributed by atoms with Crippen molar-refractivity contribution in [3.8, 4) is 0 Å². The Labute approximate surface area is 107 Å². The number of nitrogens with zero attached hydrogens (tertiary/aromatic N) is 1. The van der Waals surface area contributed by atoms with Crippen molar-refractivity contribution in [2.24, 2.45) is 0 Å². The van der Waals surface area contributed by atoms with Gasteiger partial charge in [0.05, 0.1) is 11.9 Å². The number of carbonyl (C=O) groups excluding carboxylic acids is 1. The Morgan fingerprint density at radius 1 is 1.39 bits per heavy atom. The molecule has 6 heteroatoms. The second-order valence-electron chi connectivity index (χ2n) is 4.53. The summed E-state index contributed by atoms with van der Waals surface area (Å²) < 4.78 is 24.0. The first-order chi connectivity index (χ1) is 8.38. The molecule has 1 aliphatic rings. The highest BCUT2D eigenvalue weighted by Crippen LogP contribution is 2.21. The van der Waals surface area contributed by atoms with Gasteiger partial charge in [0.1, 0.15) is 0 Å². The molecule has 1 aliphatic carbocycles. The highest BCUT2D eigenvalue weighted by molar-refractivity contribution is 7.92. The van der Waals surface area contributed by atoms with E-state index < -0.39 is 10.0 Å². The van der Waals surface area contributed by atoms with Crippen LogP contribution in [0.3, 0.4) is 0 Å². The average Bonchev–Trinajstić information content (AvgIpc) is 3.11. The Bertz CT molecular complexity index is 564. The topological polar surface area (TPSA) is 66.5 Å². The van der Waals surface area contributed by atoms with Gasteiger partial charge in [0.25, 0.3) is 5.91 Å². The summed E-state index contributed by atoms with van der Waals surface area (Å²) in [6.07, 6.45) is 3.17. The average molecular weight is 268 g/mol. The summed E-state index contributed by atoms with van der Waals surface area (Å²) >= 11 is 0. The van der Waals surface area contributed by atoms with Gasteiger partial charge < -0.3 is 5.32 Å². The van der Waals surface area contributed by atoms with E-state index >= 15 is 0 Å². The summed E-state index contributed by atoms with van der Waals surface area (Å²) in [5.41, 5.74) is 0.968. The predicted molar refractivity (Wildman–Crippen MR) is 70.2 cm³/mol. The first kappa shape index (κ1) is 12.9. The van der Waals surface area contributed by atoms with Gasteiger partial charge >= 0.3 is 0 Å². The van der Waals surface area contributed by atoms with Gasteiger partial charge in [-0.15, -0.1) is 0 Å². The van der Waals surface area contributed by atoms with Crippen LogP contribution in [0.25, 0.3) is 0 Å². The van der Waals surface area contributed by atoms with Crippen molar-refractivity contribution < 1.29 is 13.2 Å². The molecule has 1 amide bonds. The molecule has 0 radical (unpaired) electrons. The lowest BCUT2D eigenvalue weighted by molar-refractivity contribution is 0.0951. The third-order valence-electron chi connectivity index (χ3n) is 2.88. The molecule has 5 nitrogen and oxygen atoms in total. The minimum absolute atomic E-state index is 0.152. The summed E-state index contributed by atoms with van der Waals surface area (Å²) in [7, 11) is -1.84. The summed E-state index contributed by atoms with van der Waals surface area (Å²) in [5.74, 6) is -0.152. The Balaban J connectivity index is 2.21. The molecule has 1 aromatic carbocycles. The first-order valence-corrected chi connectivity index (χ1v) is 7.57. The molecule has 0 spiro atoms. The summed E-state index contributed by atoms with van der Waals surface area (Å²) in [4.78, 5) is 11.8. The van der Waals surface area contributed by atoms with Crippen LogP contribution >= 0.6 is 0 Å². The van der Waals surface area contributed by atoms with Crippen LogP contribution in [0.4, 0.5) is 5.69 Å². The molecular formula is C12H16N2O3S. The number of rotatable bonds is 4. The SMILES string of the molecule is CN(c1cccc(C(=O)NC2CC2)c1)S(C)(=O)=O. The molecule has 0 aliphatic heterocycles. The lowest BCUT2D eigenvalue weighted by Gasteiger charge is -2.17. The molecule has 1 aromatic rings. The molecule has 2 rings (SSSR count). The van der Waals surface area contributed by atoms with Crippen molar-refractivity contribution in [2.45, 2.75) is 18.9 Å². The summed E-state index contributed by atoms with van der Waals surface area (Å²) in [5, 5.41) is 2.87. The number of carbonyl (C=O) groups is 1. The minimum atomic E-state index is -3.31. The molecule has 98 valence electrons. The molecule has 0 bridgehead atoms. The van der Waals surface area contributed by atoms with Crippen molar-refractivity contribution in [1.82, 2.24) is 5.32 Å². The number of amides is 1. The third kappa shape index (κ3) is 3.01. The predicted octanol–water partition coefficient (Wildman–Crippen LogP) is 0.975. The van der Waals surface area contributed by atoms with Gasteiger partial charge in [-0.25, -0.2) is 8.42 Å². The number of nitrogens with one attached hydrogen (secondary N) is 1. The first-order valence-electron chi connectivity index (χ1n) is 5.73. The lowest BCUT2D eigenvalue weighted by atomic mass is 10.2. The Morgan fingerprint density at radius 3 is 2.61 bits per heavy atom. The molecule has 0 saturated heterocycles. The Hall–Kier alpha value is -1.56. The quantitative estimate of drug-likeness (QED) is 0.885. The molecule has 18 heavy (non-hydrogen) atoms. The number of anilines is 1. The fourth-order valence-corrected chi connectivity index (χ4v) is 2.03. The maximum absolute atomic E-state index is 11.8. The summed E-state index contributed by atoms with van der Waals surface area (Å²) in [6.45, 7) is 0. The maximum Gasteiger partial charge on any atom is 0.251 e. The second kappa shape index (κ2) is 4.61. The third-order valence-corrected chi connectivity index (χ3v) is 4.09. The fourth-order valence-electron chi connectivity index (χ4n) is 1.53. The van der Waals surface area contributed by atoms with Gasteiger partial charge in [0.15, 0.2) is 0 Å². The van der Waals surface area contributed by atoms with E-state index in [2.05, 4.69) is 5.32 Å². The maximum atomic E-state index is 11.8. The second-order valence-corrected chi connectivity index (χ2v) is 6.54. The van der Waals surface area contributed by atoms with Crippen molar-refractivity contribution in [3.05, 3.63) is 29.8 Å². The van der Waals surface area contributed by atoms with Crippen LogP contribution in [0.2, 0.25) is 0 Å². The van der Waals surface area contributed by atoms with Gasteiger partial charge in [-0.05, 0) is 31.0 Å². The van der Waals surface area contributed by atoms with E-state index in [4.69, 9.17) is 0 Å². The van der Waals surface area contributed by atoms with Crippen molar-refractivity contribution in [3.63, 3.8) is 0 Å². The van der Waals surface area contributed by atoms with Crippen molar-refractivity contribution in [1.29, 1.82) is 0 Å². The number of benzene rings is 1. The fraction of sp³-hybridized carbons (Fsp3) is 0.417. The monoisotopic (exact) mass is 268 g/mol. The van der Waals surface area contributed by atoms with Gasteiger partial charge in [0, 0.05) is 18.7 Å². The number of sulfonamides is 1. The highest BCUT2D eigenvalue weighted by Gasteiger charge is 2.24. The van der Waals surface area contributed by atoms with Crippen LogP contribution in [-0.4, -0.2) is 33.7 Å². The molecule has 1 fully saturated rings. The van der Waals surface area contributed by atoms with E-state index in [-0.39, 0.29) is 11.9 Å². The van der Waals surface area contributed by atoms with Crippen LogP contribution in [0.1, 0.15) is 23.2 Å². The van der Waals surface area contributed by atoms with Gasteiger partial charge in [0.2, 0.25) is 10.0 Å². The number of hydrogen-bond donors (Lipinski definition) is 1. The van der Waals surface area contributed by atoms with Gasteiger partial charge in [-0.1, -0.05) is 6.07 Å². The van der Waals surface area contributed by atoms with Crippen LogP contribution in [-0.2, 0) is 10.0 Å². The van der Waals surface area contributed by atoms with Crippen LogP contribution < -0.4 is 9.62 Å². The smallest absolute Gasteiger partial charge is 0.251 e.